The van der Waals surface area contributed by atoms with Crippen LogP contribution in [0.3, 0.4) is 0 Å². The largest absolute Gasteiger partial charge is 0.477 e. The number of carboxylic acid groups (broad SMARTS) is 1. The lowest BCUT2D eigenvalue weighted by Gasteiger charge is -2.18. The van der Waals surface area contributed by atoms with Gasteiger partial charge in [0.25, 0.3) is 0 Å². The van der Waals surface area contributed by atoms with Crippen LogP contribution in [0.4, 0.5) is 0 Å². The van der Waals surface area contributed by atoms with Crippen molar-refractivity contribution in [2.45, 2.75) is 18.2 Å². The molecular formula is C10H11BrN2O4S2. The number of halogens is 1. The molecule has 1 N–H and O–H groups in total. The Labute approximate surface area is 123 Å². The lowest BCUT2D eigenvalue weighted by molar-refractivity contribution is 0.0702. The molecule has 9 heteroatoms. The Kier molecular flexibility index (Phi) is 5.49. The molecule has 0 saturated heterocycles. The van der Waals surface area contributed by atoms with Gasteiger partial charge in [0.15, 0.2) is 0 Å². The number of sulfonamides is 1. The summed E-state index contributed by atoms with van der Waals surface area (Å²) in [6.45, 7) is 1.96. The maximum Gasteiger partial charge on any atom is 0.345 e. The molecule has 0 radical (unpaired) electrons. The highest BCUT2D eigenvalue weighted by molar-refractivity contribution is 9.11. The zero-order valence-electron chi connectivity index (χ0n) is 9.96. The van der Waals surface area contributed by atoms with Crippen LogP contribution in [0.15, 0.2) is 14.7 Å². The fourth-order valence-electron chi connectivity index (χ4n) is 1.40. The molecule has 0 saturated carbocycles. The van der Waals surface area contributed by atoms with E-state index in [4.69, 9.17) is 10.4 Å². The van der Waals surface area contributed by atoms with Gasteiger partial charge in [0.05, 0.1) is 9.86 Å². The lowest BCUT2D eigenvalue weighted by Crippen LogP contribution is -2.31. The van der Waals surface area contributed by atoms with E-state index >= 15 is 0 Å². The van der Waals surface area contributed by atoms with Crippen LogP contribution in [-0.2, 0) is 10.0 Å². The smallest absolute Gasteiger partial charge is 0.345 e. The van der Waals surface area contributed by atoms with E-state index in [1.165, 1.54) is 0 Å². The van der Waals surface area contributed by atoms with E-state index in [9.17, 15) is 13.2 Å². The standard InChI is InChI=1S/C10H11BrN2O4S2/c1-2-13(5-3-4-12)19(16,17)8-6-7(10(14)15)18-9(8)11/h6H,2-3,5H2,1H3,(H,14,15). The average molecular weight is 367 g/mol. The maximum atomic E-state index is 12.3. The Balaban J connectivity index is 3.19. The summed E-state index contributed by atoms with van der Waals surface area (Å²) < 4.78 is 26.1. The molecule has 0 aliphatic rings. The zero-order valence-corrected chi connectivity index (χ0v) is 13.2. The number of carboxylic acids is 1. The van der Waals surface area contributed by atoms with Gasteiger partial charge in [-0.15, -0.1) is 11.3 Å². The second-order valence-corrected chi connectivity index (χ2v) is 7.74. The van der Waals surface area contributed by atoms with Crippen LogP contribution in [0.5, 0.6) is 0 Å². The Morgan fingerprint density at radius 3 is 2.68 bits per heavy atom. The first kappa shape index (κ1) is 16.1. The van der Waals surface area contributed by atoms with Crippen molar-refractivity contribution >= 4 is 43.3 Å². The number of hydrogen-bond acceptors (Lipinski definition) is 5. The van der Waals surface area contributed by atoms with Crippen molar-refractivity contribution in [1.82, 2.24) is 4.31 Å². The van der Waals surface area contributed by atoms with E-state index in [0.717, 1.165) is 21.7 Å². The molecule has 1 rings (SSSR count). The van der Waals surface area contributed by atoms with Gasteiger partial charge in [0.1, 0.15) is 9.77 Å². The van der Waals surface area contributed by atoms with E-state index in [1.807, 2.05) is 6.07 Å². The molecule has 0 aromatic carbocycles. The van der Waals surface area contributed by atoms with Crippen LogP contribution in [-0.4, -0.2) is 36.9 Å². The molecule has 6 nitrogen and oxygen atoms in total. The third-order valence-electron chi connectivity index (χ3n) is 2.31. The first-order valence-electron chi connectivity index (χ1n) is 5.24. The Morgan fingerprint density at radius 1 is 1.63 bits per heavy atom. The van der Waals surface area contributed by atoms with Gasteiger partial charge in [0.2, 0.25) is 10.0 Å². The quantitative estimate of drug-likeness (QED) is 0.831. The van der Waals surface area contributed by atoms with Gasteiger partial charge >= 0.3 is 5.97 Å². The highest BCUT2D eigenvalue weighted by Crippen LogP contribution is 2.33. The molecule has 1 aromatic heterocycles. The maximum absolute atomic E-state index is 12.3. The van der Waals surface area contributed by atoms with Crippen molar-refractivity contribution in [3.8, 4) is 6.07 Å². The summed E-state index contributed by atoms with van der Waals surface area (Å²) in [5.41, 5.74) is 0. The summed E-state index contributed by atoms with van der Waals surface area (Å²) >= 11 is 3.92. The molecular weight excluding hydrogens is 356 g/mol. The van der Waals surface area contributed by atoms with E-state index in [1.54, 1.807) is 6.92 Å². The predicted octanol–water partition coefficient (Wildman–Crippen LogP) is 2.13. The highest BCUT2D eigenvalue weighted by Gasteiger charge is 2.28. The van der Waals surface area contributed by atoms with Crippen LogP contribution in [0.25, 0.3) is 0 Å². The van der Waals surface area contributed by atoms with E-state index in [-0.39, 0.29) is 33.1 Å². The molecule has 19 heavy (non-hydrogen) atoms. The summed E-state index contributed by atoms with van der Waals surface area (Å²) in [6.07, 6.45) is 0.0839. The number of nitrogens with zero attached hydrogens (tertiary/aromatic N) is 2. The molecule has 0 aliphatic heterocycles. The monoisotopic (exact) mass is 366 g/mol. The van der Waals surface area contributed by atoms with Crippen LogP contribution in [0.2, 0.25) is 0 Å². The SMILES string of the molecule is CCN(CCC#N)S(=O)(=O)c1cc(C(=O)O)sc1Br. The van der Waals surface area contributed by atoms with Crippen molar-refractivity contribution < 1.29 is 18.3 Å². The molecule has 1 heterocycles. The molecule has 0 amide bonds. The van der Waals surface area contributed by atoms with Gasteiger partial charge in [-0.2, -0.15) is 9.57 Å². The van der Waals surface area contributed by atoms with E-state index in [2.05, 4.69) is 15.9 Å². The predicted molar refractivity (Wildman–Crippen MR) is 73.6 cm³/mol. The molecule has 0 fully saturated rings. The molecule has 0 bridgehead atoms. The molecule has 0 unspecified atom stereocenters. The van der Waals surface area contributed by atoms with Crippen molar-refractivity contribution in [2.75, 3.05) is 13.1 Å². The number of thiophene rings is 1. The van der Waals surface area contributed by atoms with Crippen molar-refractivity contribution in [3.63, 3.8) is 0 Å². The summed E-state index contributed by atoms with van der Waals surface area (Å²) in [5, 5.41) is 17.4. The lowest BCUT2D eigenvalue weighted by atomic mass is 10.5. The molecule has 0 spiro atoms. The Morgan fingerprint density at radius 2 is 2.26 bits per heavy atom. The summed E-state index contributed by atoms with van der Waals surface area (Å²) in [7, 11) is -3.78. The first-order valence-corrected chi connectivity index (χ1v) is 8.29. The molecule has 0 atom stereocenters. The first-order chi connectivity index (χ1) is 8.84. The van der Waals surface area contributed by atoms with Crippen molar-refractivity contribution in [3.05, 3.63) is 14.7 Å². The summed E-state index contributed by atoms with van der Waals surface area (Å²) in [6, 6.07) is 3.01. The second kappa shape index (κ2) is 6.47. The zero-order chi connectivity index (χ0) is 14.6. The van der Waals surface area contributed by atoms with Gasteiger partial charge in [-0.3, -0.25) is 0 Å². The second-order valence-electron chi connectivity index (χ2n) is 3.46. The fourth-order valence-corrected chi connectivity index (χ4v) is 5.20. The third kappa shape index (κ3) is 3.54. The summed E-state index contributed by atoms with van der Waals surface area (Å²) in [5.74, 6) is -1.17. The van der Waals surface area contributed by atoms with Crippen molar-refractivity contribution in [1.29, 1.82) is 5.26 Å². The van der Waals surface area contributed by atoms with E-state index in [0.29, 0.717) is 0 Å². The normalized spacial score (nSPS) is 11.5. The Hall–Kier alpha value is -0.950. The van der Waals surface area contributed by atoms with Gasteiger partial charge in [0, 0.05) is 19.5 Å². The van der Waals surface area contributed by atoms with Crippen LogP contribution in [0, 0.1) is 11.3 Å². The topological polar surface area (TPSA) is 98.5 Å². The highest BCUT2D eigenvalue weighted by atomic mass is 79.9. The summed E-state index contributed by atoms with van der Waals surface area (Å²) in [4.78, 5) is 10.7. The van der Waals surface area contributed by atoms with Crippen molar-refractivity contribution in [2.24, 2.45) is 0 Å². The molecule has 1 aromatic rings. The minimum Gasteiger partial charge on any atom is -0.477 e. The minimum absolute atomic E-state index is 0.0539. The third-order valence-corrected chi connectivity index (χ3v) is 6.52. The average Bonchev–Trinajstić information content (AvgIpc) is 2.73. The number of rotatable bonds is 6. The number of aromatic carboxylic acids is 1. The molecule has 104 valence electrons. The van der Waals surface area contributed by atoms with E-state index < -0.39 is 16.0 Å². The number of nitriles is 1. The molecule has 0 aliphatic carbocycles. The van der Waals surface area contributed by atoms with Gasteiger partial charge < -0.3 is 5.11 Å². The Bertz CT molecular complexity index is 618. The number of hydrogen-bond donors (Lipinski definition) is 1. The fraction of sp³-hybridized carbons (Fsp3) is 0.400. The number of carbonyl (C=O) groups is 1. The van der Waals surface area contributed by atoms with Gasteiger partial charge in [-0.05, 0) is 22.0 Å². The van der Waals surface area contributed by atoms with Crippen LogP contribution >= 0.6 is 27.3 Å². The van der Waals surface area contributed by atoms with Gasteiger partial charge in [-0.25, -0.2) is 13.2 Å². The van der Waals surface area contributed by atoms with Crippen LogP contribution in [0.1, 0.15) is 23.0 Å². The van der Waals surface area contributed by atoms with Crippen LogP contribution < -0.4 is 0 Å². The minimum atomic E-state index is -3.78. The van der Waals surface area contributed by atoms with Gasteiger partial charge in [-0.1, -0.05) is 6.92 Å².